The predicted molar refractivity (Wildman–Crippen MR) is 137 cm³/mol. The average molecular weight is 557 g/mol. The third-order valence-corrected chi connectivity index (χ3v) is 8.13. The molecule has 1 aromatic carbocycles. The summed E-state index contributed by atoms with van der Waals surface area (Å²) in [5.41, 5.74) is 0.573. The van der Waals surface area contributed by atoms with Gasteiger partial charge in [0, 0.05) is 49.9 Å². The van der Waals surface area contributed by atoms with Crippen LogP contribution in [0.15, 0.2) is 36.7 Å². The monoisotopic (exact) mass is 556 g/mol. The van der Waals surface area contributed by atoms with E-state index in [-0.39, 0.29) is 46.9 Å². The van der Waals surface area contributed by atoms with Gasteiger partial charge >= 0.3 is 6.18 Å². The zero-order chi connectivity index (χ0) is 27.6. The molecule has 3 atom stereocenters. The van der Waals surface area contributed by atoms with Crippen molar-refractivity contribution in [2.24, 2.45) is 0 Å². The van der Waals surface area contributed by atoms with Crippen LogP contribution in [0, 0.1) is 11.6 Å². The largest absolute Gasteiger partial charge is 0.409 e. The van der Waals surface area contributed by atoms with Crippen LogP contribution >= 0.6 is 0 Å². The van der Waals surface area contributed by atoms with Gasteiger partial charge < -0.3 is 15.2 Å². The quantitative estimate of drug-likeness (QED) is 0.339. The molecule has 2 bridgehead atoms. The van der Waals surface area contributed by atoms with Gasteiger partial charge in [0.15, 0.2) is 11.6 Å². The van der Waals surface area contributed by atoms with Gasteiger partial charge in [-0.05, 0) is 43.0 Å². The predicted octanol–water partition coefficient (Wildman–Crippen LogP) is 4.90. The number of aryl methyl sites for hydroxylation is 1. The molecule has 6 heterocycles. The Labute approximate surface area is 225 Å². The van der Waals surface area contributed by atoms with Gasteiger partial charge in [-0.1, -0.05) is 6.07 Å². The van der Waals surface area contributed by atoms with Crippen molar-refractivity contribution in [1.29, 1.82) is 0 Å². The number of imidazole rings is 1. The fraction of sp³-hybridized carbons (Fsp3) is 0.407. The van der Waals surface area contributed by atoms with Crippen molar-refractivity contribution < 1.29 is 22.0 Å². The highest BCUT2D eigenvalue weighted by Crippen LogP contribution is 2.42. The molecular weight excluding hydrogens is 531 g/mol. The Morgan fingerprint density at radius 1 is 0.950 bits per heavy atom. The Morgan fingerprint density at radius 3 is 2.48 bits per heavy atom. The molecule has 2 N–H and O–H groups in total. The SMILES string of the molecule is Fc1cnc(Nc2ccc(CN3C4CCC3CNC4)cn2)nc1-c1cc(F)c2nc3n(c2c1)[C@H](C(F)(F)F)CC3. The van der Waals surface area contributed by atoms with Crippen LogP contribution in [0.25, 0.3) is 22.3 Å². The van der Waals surface area contributed by atoms with Crippen LogP contribution in [0.4, 0.5) is 33.7 Å². The van der Waals surface area contributed by atoms with Crippen LogP contribution in [0.3, 0.4) is 0 Å². The minimum Gasteiger partial charge on any atom is -0.316 e. The summed E-state index contributed by atoms with van der Waals surface area (Å²) in [6.07, 6.45) is 0.471. The van der Waals surface area contributed by atoms with Crippen molar-refractivity contribution in [3.63, 3.8) is 0 Å². The first-order valence-electron chi connectivity index (χ1n) is 13.2. The second-order valence-electron chi connectivity index (χ2n) is 10.6. The highest BCUT2D eigenvalue weighted by molar-refractivity contribution is 5.83. The number of hydrogen-bond acceptors (Lipinski definition) is 7. The van der Waals surface area contributed by atoms with Gasteiger partial charge in [-0.25, -0.2) is 28.7 Å². The fourth-order valence-electron chi connectivity index (χ4n) is 6.24. The summed E-state index contributed by atoms with van der Waals surface area (Å²) in [7, 11) is 0. The molecule has 0 saturated carbocycles. The summed E-state index contributed by atoms with van der Waals surface area (Å²) in [6, 6.07) is 5.32. The minimum atomic E-state index is -4.52. The number of alkyl halides is 3. The lowest BCUT2D eigenvalue weighted by molar-refractivity contribution is -0.164. The van der Waals surface area contributed by atoms with Crippen molar-refractivity contribution in [2.45, 2.75) is 56.5 Å². The molecule has 208 valence electrons. The van der Waals surface area contributed by atoms with Crippen molar-refractivity contribution in [1.82, 2.24) is 34.7 Å². The fourth-order valence-corrected chi connectivity index (χ4v) is 6.24. The molecule has 0 radical (unpaired) electrons. The number of anilines is 2. The minimum absolute atomic E-state index is 0.0163. The van der Waals surface area contributed by atoms with Gasteiger partial charge in [0.2, 0.25) is 5.95 Å². The first kappa shape index (κ1) is 25.3. The number of fused-ring (bicyclic) bond motifs is 5. The molecule has 8 nitrogen and oxygen atoms in total. The molecule has 2 fully saturated rings. The highest BCUT2D eigenvalue weighted by Gasteiger charge is 2.45. The van der Waals surface area contributed by atoms with Crippen LogP contribution in [0.2, 0.25) is 0 Å². The molecule has 13 heteroatoms. The second kappa shape index (κ2) is 9.44. The molecule has 2 saturated heterocycles. The van der Waals surface area contributed by atoms with Crippen LogP contribution in [0.1, 0.15) is 36.7 Å². The van der Waals surface area contributed by atoms with Gasteiger partial charge in [-0.15, -0.1) is 0 Å². The topological polar surface area (TPSA) is 83.8 Å². The van der Waals surface area contributed by atoms with Crippen molar-refractivity contribution >= 4 is 22.8 Å². The summed E-state index contributed by atoms with van der Waals surface area (Å²) in [4.78, 5) is 19.2. The first-order valence-corrected chi connectivity index (χ1v) is 13.2. The zero-order valence-corrected chi connectivity index (χ0v) is 21.2. The lowest BCUT2D eigenvalue weighted by Crippen LogP contribution is -2.51. The Morgan fingerprint density at radius 2 is 1.75 bits per heavy atom. The first-order chi connectivity index (χ1) is 19.2. The number of hydrogen-bond donors (Lipinski definition) is 2. The number of benzene rings is 1. The Kier molecular flexibility index (Phi) is 5.97. The number of nitrogens with one attached hydrogen (secondary N) is 2. The molecule has 0 spiro atoms. The summed E-state index contributed by atoms with van der Waals surface area (Å²) in [5.74, 6) is -1.08. The maximum Gasteiger partial charge on any atom is 0.409 e. The van der Waals surface area contributed by atoms with Crippen LogP contribution in [-0.4, -0.2) is 60.8 Å². The van der Waals surface area contributed by atoms with Crippen LogP contribution < -0.4 is 10.6 Å². The maximum atomic E-state index is 15.0. The second-order valence-corrected chi connectivity index (χ2v) is 10.6. The van der Waals surface area contributed by atoms with E-state index in [1.807, 2.05) is 6.07 Å². The Balaban J connectivity index is 1.15. The Hall–Kier alpha value is -3.71. The smallest absolute Gasteiger partial charge is 0.316 e. The van der Waals surface area contributed by atoms with E-state index in [2.05, 4.69) is 35.5 Å². The van der Waals surface area contributed by atoms with Crippen molar-refractivity contribution in [3.05, 3.63) is 59.7 Å². The maximum absolute atomic E-state index is 15.0. The molecular formula is C27H25F5N8. The summed E-state index contributed by atoms with van der Waals surface area (Å²) in [5, 5.41) is 6.40. The van der Waals surface area contributed by atoms with E-state index in [9.17, 15) is 22.0 Å². The van der Waals surface area contributed by atoms with E-state index in [1.165, 1.54) is 18.9 Å². The summed E-state index contributed by atoms with van der Waals surface area (Å²) >= 11 is 0. The third kappa shape index (κ3) is 4.37. The van der Waals surface area contributed by atoms with Gasteiger partial charge in [0.05, 0.1) is 11.7 Å². The van der Waals surface area contributed by atoms with Gasteiger partial charge in [-0.2, -0.15) is 13.2 Å². The van der Waals surface area contributed by atoms with E-state index in [4.69, 9.17) is 0 Å². The molecule has 3 aliphatic heterocycles. The molecule has 40 heavy (non-hydrogen) atoms. The third-order valence-electron chi connectivity index (χ3n) is 8.13. The van der Waals surface area contributed by atoms with E-state index < -0.39 is 23.9 Å². The highest BCUT2D eigenvalue weighted by atomic mass is 19.4. The summed E-state index contributed by atoms with van der Waals surface area (Å²) in [6.45, 7) is 2.80. The normalized spacial score (nSPS) is 22.7. The van der Waals surface area contributed by atoms with Crippen LogP contribution in [0.5, 0.6) is 0 Å². The lowest BCUT2D eigenvalue weighted by atomic mass is 10.1. The molecule has 4 aromatic rings. The number of halogens is 5. The average Bonchev–Trinajstić information content (AvgIpc) is 3.56. The van der Waals surface area contributed by atoms with Crippen molar-refractivity contribution in [2.75, 3.05) is 18.4 Å². The molecule has 3 aromatic heterocycles. The number of nitrogens with zero attached hydrogens (tertiary/aromatic N) is 6. The number of aromatic nitrogens is 5. The molecule has 0 amide bonds. The number of piperazine rings is 1. The molecule has 2 unspecified atom stereocenters. The van der Waals surface area contributed by atoms with Crippen molar-refractivity contribution in [3.8, 4) is 11.3 Å². The molecule has 3 aliphatic rings. The van der Waals surface area contributed by atoms with E-state index in [0.29, 0.717) is 17.9 Å². The van der Waals surface area contributed by atoms with Gasteiger partial charge in [0.25, 0.3) is 0 Å². The van der Waals surface area contributed by atoms with E-state index in [1.54, 1.807) is 12.3 Å². The standard InChI is InChI=1S/C27H25F5N8/c28-18-7-15(8-20-25(18)37-23-6-4-21(40(20)23)27(30,31)32)24-19(29)12-35-26(38-24)36-22-5-1-14(9-34-22)13-39-16-2-3-17(39)11-33-10-16/h1,5,7-9,12,16-17,21,33H,2-4,6,10-11,13H2,(H,34,35,36,38)/t16?,17?,21-/m0/s1. The van der Waals surface area contributed by atoms with Gasteiger partial charge in [-0.3, -0.25) is 4.90 Å². The van der Waals surface area contributed by atoms with Gasteiger partial charge in [0.1, 0.15) is 28.9 Å². The number of rotatable bonds is 5. The summed E-state index contributed by atoms with van der Waals surface area (Å²) < 4.78 is 71.7. The zero-order valence-electron chi connectivity index (χ0n) is 21.2. The lowest BCUT2D eigenvalue weighted by Gasteiger charge is -2.35. The molecule has 0 aliphatic carbocycles. The van der Waals surface area contributed by atoms with E-state index in [0.717, 1.165) is 42.0 Å². The van der Waals surface area contributed by atoms with Crippen LogP contribution in [-0.2, 0) is 13.0 Å². The number of pyridine rings is 1. The Bertz CT molecular complexity index is 1570. The molecule has 7 rings (SSSR count). The van der Waals surface area contributed by atoms with E-state index >= 15 is 0 Å².